The summed E-state index contributed by atoms with van der Waals surface area (Å²) in [6, 6.07) is 23.2. The average Bonchev–Trinajstić information content (AvgIpc) is 2.90. The Balaban J connectivity index is 1.48. The highest BCUT2D eigenvalue weighted by Gasteiger charge is 2.22. The van der Waals surface area contributed by atoms with Crippen LogP contribution >= 0.6 is 0 Å². The number of rotatable bonds is 8. The van der Waals surface area contributed by atoms with Crippen LogP contribution < -0.4 is 20.9 Å². The fraction of sp³-hybridized carbons (Fsp3) is 0.333. The van der Waals surface area contributed by atoms with E-state index in [0.717, 1.165) is 55.7 Å². The maximum atomic E-state index is 13.3. The average molecular weight is 485 g/mol. The topological polar surface area (TPSA) is 73.5 Å². The zero-order valence-electron chi connectivity index (χ0n) is 21.2. The van der Waals surface area contributed by atoms with Gasteiger partial charge in [0.05, 0.1) is 5.56 Å². The van der Waals surface area contributed by atoms with Gasteiger partial charge in [0, 0.05) is 36.7 Å². The molecule has 3 amide bonds. The molecule has 188 valence electrons. The van der Waals surface area contributed by atoms with E-state index < -0.39 is 0 Å². The highest BCUT2D eigenvalue weighted by atomic mass is 16.2. The summed E-state index contributed by atoms with van der Waals surface area (Å²) in [6.07, 6.45) is 3.87. The lowest BCUT2D eigenvalue weighted by atomic mass is 9.97. The molecule has 4 rings (SSSR count). The third-order valence-corrected chi connectivity index (χ3v) is 6.76. The molecular formula is C30H36N4O2. The number of hydrogen-bond acceptors (Lipinski definition) is 3. The number of aryl methyl sites for hydroxylation is 1. The number of hydrogen-bond donors (Lipinski definition) is 3. The lowest BCUT2D eigenvalue weighted by Crippen LogP contribution is -2.35. The summed E-state index contributed by atoms with van der Waals surface area (Å²) in [5.74, 6) is 0.569. The van der Waals surface area contributed by atoms with Gasteiger partial charge in [0.1, 0.15) is 0 Å². The first kappa shape index (κ1) is 25.3. The molecule has 0 saturated carbocycles. The molecular weight excluding hydrogens is 448 g/mol. The minimum atomic E-state index is -0.335. The van der Waals surface area contributed by atoms with Crippen molar-refractivity contribution in [1.82, 2.24) is 5.32 Å². The third kappa shape index (κ3) is 6.87. The Morgan fingerprint density at radius 2 is 1.56 bits per heavy atom. The van der Waals surface area contributed by atoms with E-state index in [0.29, 0.717) is 23.7 Å². The van der Waals surface area contributed by atoms with Crippen molar-refractivity contribution in [1.29, 1.82) is 0 Å². The lowest BCUT2D eigenvalue weighted by molar-refractivity contribution is 0.0954. The molecule has 0 aliphatic carbocycles. The van der Waals surface area contributed by atoms with Crippen LogP contribution in [0.25, 0.3) is 0 Å². The molecule has 1 heterocycles. The summed E-state index contributed by atoms with van der Waals surface area (Å²) >= 11 is 0. The monoisotopic (exact) mass is 484 g/mol. The van der Waals surface area contributed by atoms with Crippen LogP contribution in [-0.2, 0) is 12.8 Å². The number of piperidine rings is 1. The predicted molar refractivity (Wildman–Crippen MR) is 148 cm³/mol. The Labute approximate surface area is 214 Å². The van der Waals surface area contributed by atoms with Crippen molar-refractivity contribution in [3.8, 4) is 0 Å². The van der Waals surface area contributed by atoms with Gasteiger partial charge >= 0.3 is 6.03 Å². The van der Waals surface area contributed by atoms with E-state index >= 15 is 0 Å². The van der Waals surface area contributed by atoms with Crippen molar-refractivity contribution in [3.05, 3.63) is 89.5 Å². The molecule has 1 saturated heterocycles. The van der Waals surface area contributed by atoms with Crippen LogP contribution in [0.3, 0.4) is 0 Å². The van der Waals surface area contributed by atoms with Gasteiger partial charge in [0.2, 0.25) is 0 Å². The molecule has 3 aromatic rings. The van der Waals surface area contributed by atoms with Gasteiger partial charge < -0.3 is 20.9 Å². The Morgan fingerprint density at radius 1 is 0.861 bits per heavy atom. The Hall–Kier alpha value is -3.80. The van der Waals surface area contributed by atoms with Crippen LogP contribution in [0.1, 0.15) is 48.2 Å². The van der Waals surface area contributed by atoms with Crippen LogP contribution in [0, 0.1) is 5.92 Å². The molecule has 0 bridgehead atoms. The number of nitrogens with one attached hydrogen (secondary N) is 3. The van der Waals surface area contributed by atoms with E-state index in [1.165, 1.54) is 5.56 Å². The second kappa shape index (κ2) is 12.2. The molecule has 1 aliphatic heterocycles. The first-order valence-corrected chi connectivity index (χ1v) is 12.9. The minimum absolute atomic E-state index is 0.126. The summed E-state index contributed by atoms with van der Waals surface area (Å²) in [5, 5.41) is 8.86. The maximum Gasteiger partial charge on any atom is 0.323 e. The lowest BCUT2D eigenvalue weighted by Gasteiger charge is -2.33. The van der Waals surface area contributed by atoms with E-state index in [1.54, 1.807) is 6.07 Å². The first-order chi connectivity index (χ1) is 17.5. The third-order valence-electron chi connectivity index (χ3n) is 6.76. The Morgan fingerprint density at radius 3 is 2.28 bits per heavy atom. The molecule has 36 heavy (non-hydrogen) atoms. The Kier molecular flexibility index (Phi) is 8.61. The zero-order valence-corrected chi connectivity index (χ0v) is 21.2. The molecule has 0 aromatic heterocycles. The van der Waals surface area contributed by atoms with E-state index in [4.69, 9.17) is 0 Å². The SMILES string of the molecule is CCc1cccc(NC(=O)Nc2ccc(N3CCC(C)CC3)c(C(=O)NCCc3ccccc3)c2)c1. The van der Waals surface area contributed by atoms with Crippen LogP contribution in [-0.4, -0.2) is 31.6 Å². The molecule has 6 nitrogen and oxygen atoms in total. The molecule has 0 spiro atoms. The molecule has 1 fully saturated rings. The summed E-state index contributed by atoms with van der Waals surface area (Å²) in [6.45, 7) is 6.75. The van der Waals surface area contributed by atoms with Gasteiger partial charge in [-0.3, -0.25) is 4.79 Å². The largest absolute Gasteiger partial charge is 0.371 e. The van der Waals surface area contributed by atoms with Gasteiger partial charge in [-0.15, -0.1) is 0 Å². The summed E-state index contributed by atoms with van der Waals surface area (Å²) in [4.78, 5) is 28.3. The van der Waals surface area contributed by atoms with Gasteiger partial charge in [-0.25, -0.2) is 4.79 Å². The highest BCUT2D eigenvalue weighted by molar-refractivity contribution is 6.04. The van der Waals surface area contributed by atoms with Gasteiger partial charge in [0.15, 0.2) is 0 Å². The van der Waals surface area contributed by atoms with Crippen molar-refractivity contribution in [2.75, 3.05) is 35.2 Å². The maximum absolute atomic E-state index is 13.3. The van der Waals surface area contributed by atoms with Crippen molar-refractivity contribution < 1.29 is 9.59 Å². The summed E-state index contributed by atoms with van der Waals surface area (Å²) in [7, 11) is 0. The number of benzene rings is 3. The number of urea groups is 1. The van der Waals surface area contributed by atoms with Crippen molar-refractivity contribution in [2.24, 2.45) is 5.92 Å². The quantitative estimate of drug-likeness (QED) is 0.362. The predicted octanol–water partition coefficient (Wildman–Crippen LogP) is 6.10. The van der Waals surface area contributed by atoms with Gasteiger partial charge in [-0.05, 0) is 73.1 Å². The minimum Gasteiger partial charge on any atom is -0.371 e. The number of anilines is 3. The summed E-state index contributed by atoms with van der Waals surface area (Å²) < 4.78 is 0. The van der Waals surface area contributed by atoms with Crippen LogP contribution in [0.2, 0.25) is 0 Å². The van der Waals surface area contributed by atoms with E-state index in [9.17, 15) is 9.59 Å². The van der Waals surface area contributed by atoms with Gasteiger partial charge in [-0.1, -0.05) is 56.3 Å². The van der Waals surface area contributed by atoms with Crippen LogP contribution in [0.4, 0.5) is 21.9 Å². The van der Waals surface area contributed by atoms with Gasteiger partial charge in [0.25, 0.3) is 5.91 Å². The molecule has 3 aromatic carbocycles. The van der Waals surface area contributed by atoms with Crippen molar-refractivity contribution in [3.63, 3.8) is 0 Å². The molecule has 1 aliphatic rings. The standard InChI is InChI=1S/C30H36N4O2/c1-3-23-10-7-11-25(20-23)32-30(36)33-26-12-13-28(34-18-15-22(2)16-19-34)27(21-26)29(35)31-17-14-24-8-5-4-6-9-24/h4-13,20-22H,3,14-19H2,1-2H3,(H,31,35)(H2,32,33,36). The fourth-order valence-electron chi connectivity index (χ4n) is 4.54. The number of amides is 3. The fourth-order valence-corrected chi connectivity index (χ4v) is 4.54. The molecule has 6 heteroatoms. The second-order valence-electron chi connectivity index (χ2n) is 9.53. The number of nitrogens with zero attached hydrogens (tertiary/aromatic N) is 1. The molecule has 0 unspecified atom stereocenters. The first-order valence-electron chi connectivity index (χ1n) is 12.9. The Bertz CT molecular complexity index is 1170. The molecule has 0 atom stereocenters. The second-order valence-corrected chi connectivity index (χ2v) is 9.53. The number of carbonyl (C=O) groups is 2. The highest BCUT2D eigenvalue weighted by Crippen LogP contribution is 2.29. The van der Waals surface area contributed by atoms with E-state index in [2.05, 4.69) is 46.8 Å². The van der Waals surface area contributed by atoms with E-state index in [-0.39, 0.29) is 11.9 Å². The van der Waals surface area contributed by atoms with Crippen molar-refractivity contribution in [2.45, 2.75) is 39.5 Å². The van der Waals surface area contributed by atoms with E-state index in [1.807, 2.05) is 54.6 Å². The van der Waals surface area contributed by atoms with Gasteiger partial charge in [-0.2, -0.15) is 0 Å². The van der Waals surface area contributed by atoms with Crippen LogP contribution in [0.15, 0.2) is 72.8 Å². The molecule has 3 N–H and O–H groups in total. The zero-order chi connectivity index (χ0) is 25.3. The molecule has 0 radical (unpaired) electrons. The summed E-state index contributed by atoms with van der Waals surface area (Å²) in [5.41, 5.74) is 5.17. The number of carbonyl (C=O) groups excluding carboxylic acids is 2. The normalized spacial score (nSPS) is 13.8. The van der Waals surface area contributed by atoms with Crippen LogP contribution in [0.5, 0.6) is 0 Å². The smallest absolute Gasteiger partial charge is 0.323 e. The van der Waals surface area contributed by atoms with Crippen molar-refractivity contribution >= 4 is 29.0 Å².